The van der Waals surface area contributed by atoms with Crippen LogP contribution in [0.15, 0.2) is 9.55 Å². The van der Waals surface area contributed by atoms with Crippen molar-refractivity contribution in [3.05, 3.63) is 9.55 Å². The third kappa shape index (κ3) is 3.23. The van der Waals surface area contributed by atoms with Crippen molar-refractivity contribution in [2.24, 2.45) is 0 Å². The van der Waals surface area contributed by atoms with Crippen LogP contribution in [0.25, 0.3) is 0 Å². The summed E-state index contributed by atoms with van der Waals surface area (Å²) < 4.78 is 2.61. The van der Waals surface area contributed by atoms with Gasteiger partial charge in [0.1, 0.15) is 0 Å². The zero-order valence-corrected chi connectivity index (χ0v) is 24.9. The van der Waals surface area contributed by atoms with Gasteiger partial charge >= 0.3 is 194 Å². The van der Waals surface area contributed by atoms with Crippen molar-refractivity contribution in [1.82, 2.24) is 0 Å². The van der Waals surface area contributed by atoms with E-state index in [9.17, 15) is 0 Å². The molecule has 1 aliphatic heterocycles. The minimum atomic E-state index is -1.96. The van der Waals surface area contributed by atoms with E-state index in [0.29, 0.717) is 0 Å². The average Bonchev–Trinajstić information content (AvgIpc) is 3.13. The second-order valence-electron chi connectivity index (χ2n) is 11.8. The van der Waals surface area contributed by atoms with Crippen molar-refractivity contribution in [1.29, 1.82) is 0 Å². The third-order valence-electron chi connectivity index (χ3n) is 9.97. The molecular formula is C24H49Cl2P3. The van der Waals surface area contributed by atoms with E-state index in [4.69, 9.17) is 23.2 Å². The second-order valence-corrected chi connectivity index (χ2v) is 36.9. The molecule has 0 aromatic heterocycles. The van der Waals surface area contributed by atoms with Crippen molar-refractivity contribution in [2.45, 2.75) is 141 Å². The third-order valence-corrected chi connectivity index (χ3v) is 58.0. The van der Waals surface area contributed by atoms with Crippen molar-refractivity contribution in [2.75, 3.05) is 0 Å². The van der Waals surface area contributed by atoms with Crippen LogP contribution in [0.2, 0.25) is 0 Å². The van der Waals surface area contributed by atoms with Crippen LogP contribution < -0.4 is 0 Å². The molecule has 3 aliphatic rings. The summed E-state index contributed by atoms with van der Waals surface area (Å²) in [5.41, 5.74) is 5.12. The number of halogens is 2. The maximum atomic E-state index is 7.44. The predicted octanol–water partition coefficient (Wildman–Crippen LogP) is 10.2. The fourth-order valence-corrected chi connectivity index (χ4v) is 80.1. The molecule has 0 spiro atoms. The topological polar surface area (TPSA) is 0 Å². The van der Waals surface area contributed by atoms with Crippen molar-refractivity contribution in [3.8, 4) is 0 Å². The fourth-order valence-electron chi connectivity index (χ4n) is 9.73. The van der Waals surface area contributed by atoms with Gasteiger partial charge in [-0.15, -0.1) is 0 Å². The van der Waals surface area contributed by atoms with Crippen molar-refractivity contribution < 1.29 is 0 Å². The molecule has 2 aliphatic carbocycles. The summed E-state index contributed by atoms with van der Waals surface area (Å²) in [6.07, 6.45) is 11.7. The summed E-state index contributed by atoms with van der Waals surface area (Å²) in [7, 11) is 0. The monoisotopic (exact) mass is 500 g/mol. The molecule has 0 N–H and O–H groups in total. The molecule has 0 aromatic rings. The van der Waals surface area contributed by atoms with E-state index in [1.807, 2.05) is 0 Å². The second kappa shape index (κ2) is 9.10. The number of rotatable bonds is 8. The number of hydrogen-bond donors (Lipinski definition) is 0. The Labute approximate surface area is 193 Å². The molecule has 2 saturated carbocycles. The van der Waals surface area contributed by atoms with Gasteiger partial charge in [-0.05, 0) is 0 Å². The Kier molecular flexibility index (Phi) is 7.92. The van der Waals surface area contributed by atoms with E-state index in [1.54, 1.807) is 0 Å². The summed E-state index contributed by atoms with van der Waals surface area (Å²) in [6.45, 7) is 15.4. The van der Waals surface area contributed by atoms with Crippen molar-refractivity contribution >= 4 is 43.7 Å². The van der Waals surface area contributed by atoms with Crippen LogP contribution in [0.5, 0.6) is 0 Å². The van der Waals surface area contributed by atoms with Crippen molar-refractivity contribution in [3.63, 3.8) is 0 Å². The molecule has 1 heterocycles. The van der Waals surface area contributed by atoms with Gasteiger partial charge in [0, 0.05) is 0 Å². The molecule has 0 nitrogen and oxygen atoms in total. The Balaban J connectivity index is 2.34. The summed E-state index contributed by atoms with van der Waals surface area (Å²) in [5.74, 6) is 0. The zero-order valence-electron chi connectivity index (χ0n) is 20.4. The average molecular weight is 501 g/mol. The van der Waals surface area contributed by atoms with E-state index < -0.39 is 20.5 Å². The summed E-state index contributed by atoms with van der Waals surface area (Å²) in [4.78, 5) is 0. The summed E-state index contributed by atoms with van der Waals surface area (Å²) in [6, 6.07) is 0. The Bertz CT molecular complexity index is 556. The van der Waals surface area contributed by atoms with E-state index in [2.05, 4.69) is 55.4 Å². The van der Waals surface area contributed by atoms with E-state index in [-0.39, 0.29) is 0 Å². The predicted molar refractivity (Wildman–Crippen MR) is 149 cm³/mol. The molecule has 0 aromatic carbocycles. The molecule has 0 amide bonds. The molecule has 3 rings (SSSR count). The van der Waals surface area contributed by atoms with Crippen LogP contribution in [-0.4, -0.2) is 34.0 Å². The molecule has 0 saturated heterocycles. The van der Waals surface area contributed by atoms with Gasteiger partial charge in [-0.1, -0.05) is 0 Å². The van der Waals surface area contributed by atoms with E-state index in [1.165, 1.54) is 60.9 Å². The quantitative estimate of drug-likeness (QED) is 0.290. The molecule has 0 radical (unpaired) electrons. The van der Waals surface area contributed by atoms with Crippen LogP contribution in [-0.2, 0) is 0 Å². The first-order valence-corrected chi connectivity index (χ1v) is 21.8. The zero-order chi connectivity index (χ0) is 21.8. The molecule has 2 fully saturated rings. The van der Waals surface area contributed by atoms with Gasteiger partial charge in [0.25, 0.3) is 0 Å². The van der Waals surface area contributed by atoms with Gasteiger partial charge < -0.3 is 0 Å². The molecule has 0 atom stereocenters. The Morgan fingerprint density at radius 2 is 0.828 bits per heavy atom. The van der Waals surface area contributed by atoms with Crippen LogP contribution in [0.1, 0.15) is 107 Å². The molecule has 0 bridgehead atoms. The van der Waals surface area contributed by atoms with E-state index >= 15 is 0 Å². The minimum absolute atomic E-state index is 0.799. The van der Waals surface area contributed by atoms with Gasteiger partial charge in [0.15, 0.2) is 0 Å². The van der Waals surface area contributed by atoms with Crippen LogP contribution in [0, 0.1) is 0 Å². The SMILES string of the molecule is CC(C)[PH](C(C)C)(C1CCCC1)[PH]1([PH](C(C)C)(C(C)C)C2CCCC2)C(Cl)=C1Cl. The fraction of sp³-hybridized carbons (Fsp3) is 0.917. The first-order chi connectivity index (χ1) is 13.5. The molecular weight excluding hydrogens is 452 g/mol. The summed E-state index contributed by atoms with van der Waals surface area (Å²) in [5, 5.41) is 0. The first kappa shape index (κ1) is 25.2. The van der Waals surface area contributed by atoms with Gasteiger partial charge in [-0.2, -0.15) is 0 Å². The Hall–Kier alpha value is 1.61. The first-order valence-electron chi connectivity index (χ1n) is 12.6. The normalized spacial score (nSPS) is 26.4. The Morgan fingerprint density at radius 1 is 0.586 bits per heavy atom. The summed E-state index contributed by atoms with van der Waals surface area (Å²) >= 11 is 14.9. The van der Waals surface area contributed by atoms with Crippen LogP contribution in [0.4, 0.5) is 0 Å². The van der Waals surface area contributed by atoms with Crippen LogP contribution >= 0.6 is 43.7 Å². The van der Waals surface area contributed by atoms with E-state index in [0.717, 1.165) is 34.0 Å². The van der Waals surface area contributed by atoms with Gasteiger partial charge in [0.05, 0.1) is 0 Å². The van der Waals surface area contributed by atoms with Crippen LogP contribution in [0.3, 0.4) is 0 Å². The van der Waals surface area contributed by atoms with Gasteiger partial charge in [-0.3, -0.25) is 0 Å². The molecule has 174 valence electrons. The standard InChI is InChI=1S/C24H49Cl2P3/c1-17(2)27(18(3)4,21-13-9-10-14-21)29(23(25)24(29)26)28(19(5)6,20(7)8)22-15-11-12-16-22/h17-22,27-29H,9-16H2,1-8H3. The molecule has 0 unspecified atom stereocenters. The molecule has 5 heteroatoms. The molecule has 29 heavy (non-hydrogen) atoms. The maximum absolute atomic E-state index is 7.44. The van der Waals surface area contributed by atoms with Gasteiger partial charge in [-0.25, -0.2) is 0 Å². The van der Waals surface area contributed by atoms with Gasteiger partial charge in [0.2, 0.25) is 0 Å². The number of hydrogen-bond acceptors (Lipinski definition) is 0. The Morgan fingerprint density at radius 3 is 1.00 bits per heavy atom.